The predicted molar refractivity (Wildman–Crippen MR) is 92.9 cm³/mol. The van der Waals surface area contributed by atoms with Crippen molar-refractivity contribution in [2.45, 2.75) is 12.7 Å². The summed E-state index contributed by atoms with van der Waals surface area (Å²) in [6, 6.07) is 8.92. The zero-order valence-electron chi connectivity index (χ0n) is 13.2. The van der Waals surface area contributed by atoms with Crippen molar-refractivity contribution < 1.29 is 13.2 Å². The molecule has 9 heteroatoms. The van der Waals surface area contributed by atoms with Gasteiger partial charge in [0, 0.05) is 24.5 Å². The van der Waals surface area contributed by atoms with Crippen molar-refractivity contribution in [3.05, 3.63) is 66.1 Å². The number of nitrogens with one attached hydrogen (secondary N) is 1. The molecule has 1 N–H and O–H groups in total. The Morgan fingerprint density at radius 3 is 2.77 bits per heavy atom. The maximum absolute atomic E-state index is 12.9. The molecule has 4 aromatic rings. The third kappa shape index (κ3) is 3.25. The molecule has 0 aliphatic heterocycles. The van der Waals surface area contributed by atoms with Crippen LogP contribution in [0.5, 0.6) is 0 Å². The summed E-state index contributed by atoms with van der Waals surface area (Å²) in [5.74, 6) is 0. The molecule has 5 nitrogen and oxygen atoms in total. The molecule has 0 atom stereocenters. The largest absolute Gasteiger partial charge is 0.416 e. The molecule has 26 heavy (non-hydrogen) atoms. The Hall–Kier alpha value is -2.94. The molecule has 0 bridgehead atoms. The number of benzene rings is 1. The van der Waals surface area contributed by atoms with Crippen LogP contribution >= 0.6 is 11.3 Å². The van der Waals surface area contributed by atoms with Gasteiger partial charge in [0.25, 0.3) is 0 Å². The normalized spacial score (nSPS) is 11.8. The average molecular weight is 375 g/mol. The molecule has 0 saturated carbocycles. The fourth-order valence-electron chi connectivity index (χ4n) is 2.50. The van der Waals surface area contributed by atoms with Gasteiger partial charge >= 0.3 is 6.18 Å². The van der Waals surface area contributed by atoms with Crippen molar-refractivity contribution >= 4 is 21.4 Å². The molecule has 3 heterocycles. The number of hydrogen-bond donors (Lipinski definition) is 1. The number of hydrogen-bond acceptors (Lipinski definition) is 5. The molecule has 0 amide bonds. The Morgan fingerprint density at radius 1 is 1.12 bits per heavy atom. The lowest BCUT2D eigenvalue weighted by molar-refractivity contribution is -0.137. The maximum atomic E-state index is 12.9. The van der Waals surface area contributed by atoms with E-state index in [0.717, 1.165) is 17.7 Å². The van der Waals surface area contributed by atoms with Crippen LogP contribution in [0.2, 0.25) is 0 Å². The molecule has 4 rings (SSSR count). The summed E-state index contributed by atoms with van der Waals surface area (Å²) >= 11 is 1.33. The van der Waals surface area contributed by atoms with E-state index in [-0.39, 0.29) is 0 Å². The first kappa shape index (κ1) is 16.5. The highest BCUT2D eigenvalue weighted by atomic mass is 32.1. The number of aromatic nitrogens is 4. The van der Waals surface area contributed by atoms with E-state index in [1.807, 2.05) is 12.1 Å². The fourth-order valence-corrected chi connectivity index (χ4v) is 3.27. The summed E-state index contributed by atoms with van der Waals surface area (Å²) in [6.07, 6.45) is 0.583. The molecule has 0 fully saturated rings. The van der Waals surface area contributed by atoms with Gasteiger partial charge in [0.1, 0.15) is 0 Å². The van der Waals surface area contributed by atoms with Crippen LogP contribution in [0.1, 0.15) is 11.1 Å². The van der Waals surface area contributed by atoms with Gasteiger partial charge in [0.2, 0.25) is 10.1 Å². The van der Waals surface area contributed by atoms with Gasteiger partial charge in [-0.3, -0.25) is 4.98 Å². The van der Waals surface area contributed by atoms with Crippen LogP contribution in [-0.2, 0) is 12.7 Å². The molecular formula is C17H12F3N5S. The number of fused-ring (bicyclic) bond motifs is 1. The van der Waals surface area contributed by atoms with E-state index in [9.17, 15) is 13.2 Å². The van der Waals surface area contributed by atoms with Crippen molar-refractivity contribution in [1.29, 1.82) is 0 Å². The molecule has 3 aromatic heterocycles. The molecule has 0 radical (unpaired) electrons. The summed E-state index contributed by atoms with van der Waals surface area (Å²) in [6.45, 7) is 0.545. The Kier molecular flexibility index (Phi) is 4.08. The topological polar surface area (TPSA) is 55.1 Å². The summed E-state index contributed by atoms with van der Waals surface area (Å²) in [5, 5.41) is 8.22. The third-order valence-electron chi connectivity index (χ3n) is 3.74. The first-order valence-electron chi connectivity index (χ1n) is 7.66. The Labute approximate surface area is 150 Å². The van der Waals surface area contributed by atoms with Gasteiger partial charge in [-0.25, -0.2) is 9.50 Å². The Balaban J connectivity index is 1.62. The highest BCUT2D eigenvalue weighted by Gasteiger charge is 2.30. The zero-order valence-corrected chi connectivity index (χ0v) is 14.1. The molecular weight excluding hydrogens is 363 g/mol. The predicted octanol–water partition coefficient (Wildman–Crippen LogP) is 4.48. The number of pyridine rings is 1. The second-order valence-electron chi connectivity index (χ2n) is 5.54. The van der Waals surface area contributed by atoms with E-state index < -0.39 is 11.7 Å². The lowest BCUT2D eigenvalue weighted by Gasteiger charge is -2.07. The van der Waals surface area contributed by atoms with E-state index in [4.69, 9.17) is 0 Å². The van der Waals surface area contributed by atoms with Crippen molar-refractivity contribution in [1.82, 2.24) is 19.6 Å². The van der Waals surface area contributed by atoms with E-state index in [1.54, 1.807) is 23.0 Å². The van der Waals surface area contributed by atoms with Crippen LogP contribution in [0.3, 0.4) is 0 Å². The van der Waals surface area contributed by atoms with Crippen molar-refractivity contribution in [3.8, 4) is 11.3 Å². The number of halogens is 3. The average Bonchev–Trinajstić information content (AvgIpc) is 3.20. The van der Waals surface area contributed by atoms with E-state index in [0.29, 0.717) is 27.9 Å². The van der Waals surface area contributed by atoms with Crippen molar-refractivity contribution in [2.24, 2.45) is 0 Å². The standard InChI is InChI=1S/C17H12F3N5S/c18-17(19,20)13-5-1-4-12(7-13)14-10-23-16-25(14)24-15(26-16)22-9-11-3-2-6-21-8-11/h1-8,10H,9H2,(H,22,24). The molecule has 0 aliphatic rings. The lowest BCUT2D eigenvalue weighted by atomic mass is 10.1. The van der Waals surface area contributed by atoms with Gasteiger partial charge in [0.05, 0.1) is 17.5 Å². The fraction of sp³-hybridized carbons (Fsp3) is 0.118. The maximum Gasteiger partial charge on any atom is 0.416 e. The molecule has 0 unspecified atom stereocenters. The monoisotopic (exact) mass is 375 g/mol. The lowest BCUT2D eigenvalue weighted by Crippen LogP contribution is -2.04. The molecule has 0 spiro atoms. The molecule has 0 saturated heterocycles. The summed E-state index contributed by atoms with van der Waals surface area (Å²) in [5.41, 5.74) is 1.22. The van der Waals surface area contributed by atoms with Crippen LogP contribution in [0.25, 0.3) is 16.2 Å². The van der Waals surface area contributed by atoms with Gasteiger partial charge in [-0.1, -0.05) is 29.5 Å². The van der Waals surface area contributed by atoms with E-state index in [2.05, 4.69) is 20.4 Å². The van der Waals surface area contributed by atoms with Crippen LogP contribution in [-0.4, -0.2) is 19.6 Å². The quantitative estimate of drug-likeness (QED) is 0.571. The zero-order chi connectivity index (χ0) is 18.1. The van der Waals surface area contributed by atoms with Crippen molar-refractivity contribution in [3.63, 3.8) is 0 Å². The minimum absolute atomic E-state index is 0.413. The smallest absolute Gasteiger partial charge is 0.356 e. The minimum atomic E-state index is -4.39. The second kappa shape index (κ2) is 6.41. The number of anilines is 1. The van der Waals surface area contributed by atoms with Gasteiger partial charge < -0.3 is 5.32 Å². The van der Waals surface area contributed by atoms with Crippen LogP contribution in [0.15, 0.2) is 55.0 Å². The third-order valence-corrected chi connectivity index (χ3v) is 4.62. The molecule has 132 valence electrons. The molecule has 0 aliphatic carbocycles. The molecule has 1 aromatic carbocycles. The SMILES string of the molecule is FC(F)(F)c1cccc(-c2cnc3sc(NCc4cccnc4)nn23)c1. The summed E-state index contributed by atoms with van der Waals surface area (Å²) in [4.78, 5) is 8.90. The highest BCUT2D eigenvalue weighted by Crippen LogP contribution is 2.33. The highest BCUT2D eigenvalue weighted by molar-refractivity contribution is 7.20. The van der Waals surface area contributed by atoms with Crippen LogP contribution < -0.4 is 5.32 Å². The van der Waals surface area contributed by atoms with Gasteiger partial charge in [-0.15, -0.1) is 5.10 Å². The van der Waals surface area contributed by atoms with Gasteiger partial charge in [-0.2, -0.15) is 13.2 Å². The van der Waals surface area contributed by atoms with Gasteiger partial charge in [-0.05, 0) is 23.8 Å². The van der Waals surface area contributed by atoms with Crippen molar-refractivity contribution in [2.75, 3.05) is 5.32 Å². The van der Waals surface area contributed by atoms with Crippen LogP contribution in [0, 0.1) is 0 Å². The Morgan fingerprint density at radius 2 is 2.00 bits per heavy atom. The first-order chi connectivity index (χ1) is 12.5. The van der Waals surface area contributed by atoms with Gasteiger partial charge in [0.15, 0.2) is 0 Å². The first-order valence-corrected chi connectivity index (χ1v) is 8.47. The van der Waals surface area contributed by atoms with E-state index in [1.165, 1.54) is 23.6 Å². The number of alkyl halides is 3. The minimum Gasteiger partial charge on any atom is -0.356 e. The number of nitrogens with zero attached hydrogens (tertiary/aromatic N) is 4. The second-order valence-corrected chi connectivity index (χ2v) is 6.49. The Bertz CT molecular complexity index is 1040. The van der Waals surface area contributed by atoms with E-state index >= 15 is 0 Å². The summed E-state index contributed by atoms with van der Waals surface area (Å²) in [7, 11) is 0. The number of rotatable bonds is 4. The summed E-state index contributed by atoms with van der Waals surface area (Å²) < 4.78 is 40.4. The van der Waals surface area contributed by atoms with Crippen LogP contribution in [0.4, 0.5) is 18.3 Å². The number of imidazole rings is 1.